The largest absolute Gasteiger partial charge is 0.344 e. The van der Waals surface area contributed by atoms with Crippen LogP contribution in [0.4, 0.5) is 0 Å². The lowest BCUT2D eigenvalue weighted by atomic mass is 10.3. The number of hydrogen-bond acceptors (Lipinski definition) is 3. The summed E-state index contributed by atoms with van der Waals surface area (Å²) in [5, 5.41) is 9.33. The van der Waals surface area contributed by atoms with Crippen LogP contribution in [0, 0.1) is 17.1 Å². The van der Waals surface area contributed by atoms with Crippen molar-refractivity contribution in [2.24, 2.45) is 0 Å². The van der Waals surface area contributed by atoms with Gasteiger partial charge in [0.2, 0.25) is 5.91 Å². The Balaban J connectivity index is 2.72. The fraction of sp³-hybridized carbons (Fsp3) is 0.500. The predicted molar refractivity (Wildman–Crippen MR) is 63.2 cm³/mol. The number of hydrogen-bond donors (Lipinski definition) is 2. The van der Waals surface area contributed by atoms with Crippen molar-refractivity contribution in [1.29, 1.82) is 0 Å². The van der Waals surface area contributed by atoms with Crippen LogP contribution in [0.5, 0.6) is 0 Å². The molecule has 0 atom stereocenters. The van der Waals surface area contributed by atoms with Gasteiger partial charge in [0.25, 0.3) is 0 Å². The molecule has 1 heterocycles. The van der Waals surface area contributed by atoms with Gasteiger partial charge < -0.3 is 5.32 Å². The maximum Gasteiger partial charge on any atom is 0.240 e. The molecule has 0 aliphatic carbocycles. The van der Waals surface area contributed by atoms with E-state index in [-0.39, 0.29) is 19.0 Å². The maximum absolute atomic E-state index is 11.5. The van der Waals surface area contributed by atoms with Crippen LogP contribution in [-0.2, 0) is 17.8 Å². The Bertz CT molecular complexity index is 454. The van der Waals surface area contributed by atoms with Crippen LogP contribution in [0.15, 0.2) is 0 Å². The fourth-order valence-corrected chi connectivity index (χ4v) is 1.49. The zero-order valence-electron chi connectivity index (χ0n) is 9.12. The number of carbonyl (C=O) groups excluding carboxylic acids is 1. The summed E-state index contributed by atoms with van der Waals surface area (Å²) in [4.78, 5) is 11.5. The second-order valence-corrected chi connectivity index (χ2v) is 3.65. The lowest BCUT2D eigenvalue weighted by Crippen LogP contribution is -2.28. The van der Waals surface area contributed by atoms with Gasteiger partial charge in [-0.1, -0.05) is 12.8 Å². The van der Waals surface area contributed by atoms with E-state index in [4.69, 9.17) is 18.6 Å². The third-order valence-corrected chi connectivity index (χ3v) is 2.31. The molecule has 0 radical (unpaired) electrons. The van der Waals surface area contributed by atoms with Gasteiger partial charge in [-0.2, -0.15) is 5.10 Å². The Hall–Kier alpha value is -1.61. The van der Waals surface area contributed by atoms with Crippen molar-refractivity contribution in [3.8, 4) is 12.3 Å². The highest BCUT2D eigenvalue weighted by Gasteiger charge is 2.08. The van der Waals surface area contributed by atoms with E-state index in [0.717, 1.165) is 18.7 Å². The average Bonchev–Trinajstić information content (AvgIpc) is 2.59. The summed E-state index contributed by atoms with van der Waals surface area (Å²) in [6, 6.07) is 0. The van der Waals surface area contributed by atoms with E-state index in [0.29, 0.717) is 4.77 Å². The molecule has 0 spiro atoms. The first kappa shape index (κ1) is 12.5. The van der Waals surface area contributed by atoms with Gasteiger partial charge >= 0.3 is 0 Å². The molecule has 1 aromatic heterocycles. The number of aryl methyl sites for hydroxylation is 1. The van der Waals surface area contributed by atoms with Gasteiger partial charge in [-0.05, 0) is 18.6 Å². The number of aromatic amines is 1. The zero-order valence-corrected chi connectivity index (χ0v) is 9.93. The highest BCUT2D eigenvalue weighted by Crippen LogP contribution is 2.01. The Morgan fingerprint density at radius 2 is 2.50 bits per heavy atom. The van der Waals surface area contributed by atoms with Gasteiger partial charge in [0.1, 0.15) is 12.4 Å². The quantitative estimate of drug-likeness (QED) is 0.584. The van der Waals surface area contributed by atoms with E-state index >= 15 is 0 Å². The molecule has 6 heteroatoms. The van der Waals surface area contributed by atoms with Crippen molar-refractivity contribution in [2.45, 2.75) is 26.3 Å². The monoisotopic (exact) mass is 238 g/mol. The van der Waals surface area contributed by atoms with Crippen LogP contribution in [0.2, 0.25) is 0 Å². The number of nitrogens with one attached hydrogen (secondary N) is 2. The first-order chi connectivity index (χ1) is 7.69. The first-order valence-corrected chi connectivity index (χ1v) is 5.44. The van der Waals surface area contributed by atoms with E-state index in [1.807, 2.05) is 6.92 Å². The molecule has 2 N–H and O–H groups in total. The molecule has 0 aliphatic rings. The number of carbonyl (C=O) groups is 1. The van der Waals surface area contributed by atoms with Gasteiger partial charge in [0, 0.05) is 6.42 Å². The smallest absolute Gasteiger partial charge is 0.240 e. The molecule has 86 valence electrons. The second kappa shape index (κ2) is 6.08. The summed E-state index contributed by atoms with van der Waals surface area (Å²) in [6.45, 7) is 2.43. The van der Waals surface area contributed by atoms with Crippen molar-refractivity contribution in [3.05, 3.63) is 10.6 Å². The van der Waals surface area contributed by atoms with E-state index in [2.05, 4.69) is 21.4 Å². The third kappa shape index (κ3) is 3.21. The minimum Gasteiger partial charge on any atom is -0.344 e. The summed E-state index contributed by atoms with van der Waals surface area (Å²) >= 11 is 5.04. The molecule has 1 rings (SSSR count). The van der Waals surface area contributed by atoms with E-state index in [1.165, 1.54) is 0 Å². The number of nitrogens with zero attached hydrogens (tertiary/aromatic N) is 2. The number of amides is 1. The molecular formula is C10H14N4OS. The predicted octanol–water partition coefficient (Wildman–Crippen LogP) is 0.643. The van der Waals surface area contributed by atoms with Gasteiger partial charge in [-0.3, -0.25) is 14.5 Å². The molecule has 0 aliphatic heterocycles. The van der Waals surface area contributed by atoms with Crippen LogP contribution < -0.4 is 5.32 Å². The SMILES string of the molecule is C#CCNC(=O)Cn1c(CCC)n[nH]c1=S. The van der Waals surface area contributed by atoms with E-state index < -0.39 is 0 Å². The lowest BCUT2D eigenvalue weighted by Gasteiger charge is -2.05. The Morgan fingerprint density at radius 3 is 3.12 bits per heavy atom. The van der Waals surface area contributed by atoms with Crippen molar-refractivity contribution in [3.63, 3.8) is 0 Å². The van der Waals surface area contributed by atoms with E-state index in [1.54, 1.807) is 4.57 Å². The van der Waals surface area contributed by atoms with E-state index in [9.17, 15) is 4.79 Å². The highest BCUT2D eigenvalue weighted by atomic mass is 32.1. The Kier molecular flexibility index (Phi) is 4.73. The topological polar surface area (TPSA) is 62.7 Å². The fourth-order valence-electron chi connectivity index (χ4n) is 1.28. The molecule has 0 unspecified atom stereocenters. The van der Waals surface area contributed by atoms with Crippen LogP contribution in [-0.4, -0.2) is 27.2 Å². The minimum atomic E-state index is -0.159. The molecule has 0 saturated heterocycles. The summed E-state index contributed by atoms with van der Waals surface area (Å²) in [7, 11) is 0. The summed E-state index contributed by atoms with van der Waals surface area (Å²) in [5.74, 6) is 2.98. The standard InChI is InChI=1S/C10H14N4OS/c1-3-5-8-12-13-10(16)14(8)7-9(15)11-6-4-2/h2H,3,5-7H2,1H3,(H,11,15)(H,13,16). The van der Waals surface area contributed by atoms with Crippen molar-refractivity contribution < 1.29 is 4.79 Å². The summed E-state index contributed by atoms with van der Waals surface area (Å²) in [5.41, 5.74) is 0. The number of rotatable bonds is 5. The molecule has 0 bridgehead atoms. The molecule has 5 nitrogen and oxygen atoms in total. The molecule has 1 amide bonds. The van der Waals surface area contributed by atoms with Crippen LogP contribution >= 0.6 is 12.2 Å². The van der Waals surface area contributed by atoms with Gasteiger partial charge in [-0.25, -0.2) is 0 Å². The van der Waals surface area contributed by atoms with Crippen LogP contribution in [0.3, 0.4) is 0 Å². The first-order valence-electron chi connectivity index (χ1n) is 5.03. The van der Waals surface area contributed by atoms with Crippen molar-refractivity contribution in [1.82, 2.24) is 20.1 Å². The highest BCUT2D eigenvalue weighted by molar-refractivity contribution is 7.71. The number of terminal acetylenes is 1. The van der Waals surface area contributed by atoms with Gasteiger partial charge in [0.05, 0.1) is 6.54 Å². The number of H-pyrrole nitrogens is 1. The summed E-state index contributed by atoms with van der Waals surface area (Å²) < 4.78 is 2.14. The zero-order chi connectivity index (χ0) is 12.0. The molecule has 16 heavy (non-hydrogen) atoms. The maximum atomic E-state index is 11.5. The van der Waals surface area contributed by atoms with Gasteiger partial charge in [-0.15, -0.1) is 6.42 Å². The van der Waals surface area contributed by atoms with Crippen molar-refractivity contribution in [2.75, 3.05) is 6.54 Å². The van der Waals surface area contributed by atoms with Crippen LogP contribution in [0.25, 0.3) is 0 Å². The Labute approximate surface area is 99.2 Å². The molecule has 0 aromatic carbocycles. The normalized spacial score (nSPS) is 9.75. The molecular weight excluding hydrogens is 224 g/mol. The lowest BCUT2D eigenvalue weighted by molar-refractivity contribution is -0.121. The third-order valence-electron chi connectivity index (χ3n) is 2.00. The minimum absolute atomic E-state index is 0.159. The molecule has 1 aromatic rings. The molecule has 0 saturated carbocycles. The Morgan fingerprint density at radius 1 is 1.75 bits per heavy atom. The van der Waals surface area contributed by atoms with Crippen molar-refractivity contribution >= 4 is 18.1 Å². The van der Waals surface area contributed by atoms with Gasteiger partial charge in [0.15, 0.2) is 4.77 Å². The van der Waals surface area contributed by atoms with Crippen LogP contribution in [0.1, 0.15) is 19.2 Å². The average molecular weight is 238 g/mol. The number of aromatic nitrogens is 3. The second-order valence-electron chi connectivity index (χ2n) is 3.26. The molecule has 0 fully saturated rings. The summed E-state index contributed by atoms with van der Waals surface area (Å²) in [6.07, 6.45) is 6.78.